The van der Waals surface area contributed by atoms with Crippen LogP contribution >= 0.6 is 0 Å². The lowest BCUT2D eigenvalue weighted by Crippen LogP contribution is -2.38. The molecule has 3 heterocycles. The summed E-state index contributed by atoms with van der Waals surface area (Å²) in [6.07, 6.45) is 4.04. The maximum absolute atomic E-state index is 13.2. The van der Waals surface area contributed by atoms with E-state index in [-0.39, 0.29) is 18.3 Å². The number of hydrogen-bond acceptors (Lipinski definition) is 5. The van der Waals surface area contributed by atoms with Gasteiger partial charge in [-0.15, -0.1) is 0 Å². The summed E-state index contributed by atoms with van der Waals surface area (Å²) >= 11 is 0. The summed E-state index contributed by atoms with van der Waals surface area (Å²) in [4.78, 5) is 11.3. The highest BCUT2D eigenvalue weighted by molar-refractivity contribution is 5.64. The minimum absolute atomic E-state index is 0.109. The number of piperidine rings is 1. The minimum Gasteiger partial charge on any atom is -0.493 e. The molecule has 8 heteroatoms. The van der Waals surface area contributed by atoms with Gasteiger partial charge >= 0.3 is 6.18 Å². The number of ether oxygens (including phenoxy) is 1. The zero-order valence-electron chi connectivity index (χ0n) is 16.7. The molecule has 1 atom stereocenters. The SMILES string of the molecule is FC(F)(F)c1ccccc1OCC1CCCN(c2cncc(C3=CCNCC3)n2)C1. The van der Waals surface area contributed by atoms with Crippen LogP contribution < -0.4 is 15.0 Å². The van der Waals surface area contributed by atoms with Gasteiger partial charge in [-0.25, -0.2) is 4.98 Å². The predicted octanol–water partition coefficient (Wildman–Crippen LogP) is 4.17. The summed E-state index contributed by atoms with van der Waals surface area (Å²) in [5.41, 5.74) is 1.36. The molecular weight excluding hydrogens is 393 g/mol. The molecule has 1 saturated heterocycles. The van der Waals surface area contributed by atoms with Crippen LogP contribution in [0.5, 0.6) is 5.75 Å². The summed E-state index contributed by atoms with van der Waals surface area (Å²) in [6.45, 7) is 3.55. The van der Waals surface area contributed by atoms with Crippen LogP contribution in [0.15, 0.2) is 42.7 Å². The highest BCUT2D eigenvalue weighted by atomic mass is 19.4. The Hall–Kier alpha value is -2.61. The zero-order chi connectivity index (χ0) is 21.0. The monoisotopic (exact) mass is 418 g/mol. The van der Waals surface area contributed by atoms with Gasteiger partial charge < -0.3 is 15.0 Å². The van der Waals surface area contributed by atoms with Crippen molar-refractivity contribution >= 4 is 11.4 Å². The number of anilines is 1. The first kappa shape index (κ1) is 20.7. The molecule has 0 spiro atoms. The Morgan fingerprint density at radius 1 is 1.20 bits per heavy atom. The van der Waals surface area contributed by atoms with Crippen LogP contribution in [0.2, 0.25) is 0 Å². The smallest absolute Gasteiger partial charge is 0.419 e. The van der Waals surface area contributed by atoms with Crippen molar-refractivity contribution in [2.75, 3.05) is 37.7 Å². The maximum atomic E-state index is 13.2. The topological polar surface area (TPSA) is 50.3 Å². The van der Waals surface area contributed by atoms with E-state index in [9.17, 15) is 13.2 Å². The third-order valence-corrected chi connectivity index (χ3v) is 5.52. The summed E-state index contributed by atoms with van der Waals surface area (Å²) in [5, 5.41) is 3.29. The van der Waals surface area contributed by atoms with E-state index < -0.39 is 11.7 Å². The lowest BCUT2D eigenvalue weighted by molar-refractivity contribution is -0.139. The highest BCUT2D eigenvalue weighted by Crippen LogP contribution is 2.36. The van der Waals surface area contributed by atoms with E-state index in [1.807, 2.05) is 0 Å². The van der Waals surface area contributed by atoms with Gasteiger partial charge in [0.15, 0.2) is 0 Å². The molecule has 2 aliphatic heterocycles. The van der Waals surface area contributed by atoms with Gasteiger partial charge in [-0.05, 0) is 43.5 Å². The molecule has 2 aromatic rings. The third-order valence-electron chi connectivity index (χ3n) is 5.52. The van der Waals surface area contributed by atoms with Crippen molar-refractivity contribution < 1.29 is 17.9 Å². The van der Waals surface area contributed by atoms with Crippen molar-refractivity contribution in [1.82, 2.24) is 15.3 Å². The molecule has 0 radical (unpaired) electrons. The van der Waals surface area contributed by atoms with Gasteiger partial charge in [0.1, 0.15) is 11.6 Å². The largest absolute Gasteiger partial charge is 0.493 e. The number of nitrogens with one attached hydrogen (secondary N) is 1. The molecule has 0 bridgehead atoms. The van der Waals surface area contributed by atoms with Crippen molar-refractivity contribution in [3.63, 3.8) is 0 Å². The van der Waals surface area contributed by atoms with E-state index in [0.29, 0.717) is 6.54 Å². The van der Waals surface area contributed by atoms with Crippen molar-refractivity contribution in [2.45, 2.75) is 25.4 Å². The van der Waals surface area contributed by atoms with Gasteiger partial charge in [0.2, 0.25) is 0 Å². The molecule has 2 aliphatic rings. The van der Waals surface area contributed by atoms with Crippen molar-refractivity contribution in [2.24, 2.45) is 5.92 Å². The number of para-hydroxylation sites is 1. The second-order valence-electron chi connectivity index (χ2n) is 7.71. The number of aromatic nitrogens is 2. The second kappa shape index (κ2) is 9.04. The van der Waals surface area contributed by atoms with Crippen LogP contribution in [0.1, 0.15) is 30.5 Å². The molecule has 160 valence electrons. The molecule has 5 nitrogen and oxygen atoms in total. The highest BCUT2D eigenvalue weighted by Gasteiger charge is 2.34. The first-order valence-electron chi connectivity index (χ1n) is 10.3. The maximum Gasteiger partial charge on any atom is 0.419 e. The fourth-order valence-corrected chi connectivity index (χ4v) is 3.96. The van der Waals surface area contributed by atoms with Crippen LogP contribution in [0, 0.1) is 5.92 Å². The molecular formula is C22H25F3N4O. The summed E-state index contributed by atoms with van der Waals surface area (Å²) in [6, 6.07) is 5.37. The third kappa shape index (κ3) is 4.92. The zero-order valence-corrected chi connectivity index (χ0v) is 16.7. The second-order valence-corrected chi connectivity index (χ2v) is 7.71. The number of rotatable bonds is 5. The average molecular weight is 418 g/mol. The fourth-order valence-electron chi connectivity index (χ4n) is 3.96. The van der Waals surface area contributed by atoms with E-state index in [4.69, 9.17) is 9.72 Å². The molecule has 4 rings (SSSR count). The number of nitrogens with zero attached hydrogens (tertiary/aromatic N) is 3. The summed E-state index contributed by atoms with van der Waals surface area (Å²) in [7, 11) is 0. The fraction of sp³-hybridized carbons (Fsp3) is 0.455. The van der Waals surface area contributed by atoms with Gasteiger partial charge in [0.05, 0.1) is 30.3 Å². The van der Waals surface area contributed by atoms with E-state index in [0.717, 1.165) is 56.5 Å². The van der Waals surface area contributed by atoms with Crippen LogP contribution in [0.4, 0.5) is 19.0 Å². The Kier molecular flexibility index (Phi) is 6.22. The molecule has 1 aromatic carbocycles. The molecule has 0 saturated carbocycles. The lowest BCUT2D eigenvalue weighted by Gasteiger charge is -2.33. The average Bonchev–Trinajstić information content (AvgIpc) is 2.78. The van der Waals surface area contributed by atoms with E-state index in [2.05, 4.69) is 21.3 Å². The van der Waals surface area contributed by atoms with Gasteiger partial charge in [0.25, 0.3) is 0 Å². The van der Waals surface area contributed by atoms with Crippen LogP contribution in [-0.2, 0) is 6.18 Å². The summed E-state index contributed by atoms with van der Waals surface area (Å²) < 4.78 is 45.1. The van der Waals surface area contributed by atoms with E-state index in [1.165, 1.54) is 17.7 Å². The van der Waals surface area contributed by atoms with Crippen LogP contribution in [-0.4, -0.2) is 42.8 Å². The summed E-state index contributed by atoms with van der Waals surface area (Å²) in [5.74, 6) is 0.831. The van der Waals surface area contributed by atoms with Gasteiger partial charge in [-0.1, -0.05) is 18.2 Å². The first-order chi connectivity index (χ1) is 14.5. The molecule has 1 unspecified atom stereocenters. The molecule has 1 fully saturated rings. The normalized spacial score (nSPS) is 20.0. The lowest BCUT2D eigenvalue weighted by atomic mass is 9.99. The van der Waals surface area contributed by atoms with Crippen molar-refractivity contribution in [1.29, 1.82) is 0 Å². The Labute approximate surface area is 174 Å². The minimum atomic E-state index is -4.42. The van der Waals surface area contributed by atoms with E-state index >= 15 is 0 Å². The molecule has 0 amide bonds. The quantitative estimate of drug-likeness (QED) is 0.790. The number of alkyl halides is 3. The van der Waals surface area contributed by atoms with Crippen LogP contribution in [0.25, 0.3) is 5.57 Å². The van der Waals surface area contributed by atoms with Crippen molar-refractivity contribution in [3.8, 4) is 5.75 Å². The van der Waals surface area contributed by atoms with Gasteiger partial charge in [-0.3, -0.25) is 4.98 Å². The number of halogens is 3. The molecule has 0 aliphatic carbocycles. The Balaban J connectivity index is 1.42. The predicted molar refractivity (Wildman–Crippen MR) is 109 cm³/mol. The van der Waals surface area contributed by atoms with Crippen molar-refractivity contribution in [3.05, 3.63) is 54.0 Å². The number of hydrogen-bond donors (Lipinski definition) is 1. The molecule has 30 heavy (non-hydrogen) atoms. The van der Waals surface area contributed by atoms with Crippen LogP contribution in [0.3, 0.4) is 0 Å². The Morgan fingerprint density at radius 2 is 2.07 bits per heavy atom. The standard InChI is InChI=1S/C22H25F3N4O/c23-22(24,25)18-5-1-2-6-20(18)30-15-16-4-3-11-29(14-16)21-13-27-12-19(28-21)17-7-9-26-10-8-17/h1-2,5-7,12-13,16,26H,3-4,8-11,14-15H2. The Bertz CT molecular complexity index is 900. The molecule has 1 N–H and O–H groups in total. The van der Waals surface area contributed by atoms with Gasteiger partial charge in [0, 0.05) is 25.6 Å². The Morgan fingerprint density at radius 3 is 2.87 bits per heavy atom. The number of benzene rings is 1. The molecule has 1 aromatic heterocycles. The van der Waals surface area contributed by atoms with E-state index in [1.54, 1.807) is 18.5 Å². The first-order valence-corrected chi connectivity index (χ1v) is 10.3. The van der Waals surface area contributed by atoms with Gasteiger partial charge in [-0.2, -0.15) is 13.2 Å².